The van der Waals surface area contributed by atoms with E-state index in [9.17, 15) is 0 Å². The fraction of sp³-hybridized carbons (Fsp3) is 0.750. The summed E-state index contributed by atoms with van der Waals surface area (Å²) >= 11 is 0. The molecule has 0 saturated carbocycles. The van der Waals surface area contributed by atoms with Crippen LogP contribution in [0.1, 0.15) is 45.4 Å². The molecule has 0 aliphatic carbocycles. The van der Waals surface area contributed by atoms with Gasteiger partial charge in [0.15, 0.2) is 0 Å². The maximum atomic E-state index is 5.68. The molecule has 1 aromatic heterocycles. The number of furan rings is 1. The fourth-order valence-corrected chi connectivity index (χ4v) is 2.64. The Kier molecular flexibility index (Phi) is 5.06. The second kappa shape index (κ2) is 6.58. The molecule has 2 heterocycles. The summed E-state index contributed by atoms with van der Waals surface area (Å²) in [6.45, 7) is 13.3. The molecule has 1 saturated heterocycles. The van der Waals surface area contributed by atoms with Gasteiger partial charge in [0, 0.05) is 24.7 Å². The Morgan fingerprint density at radius 2 is 2.16 bits per heavy atom. The van der Waals surface area contributed by atoms with E-state index in [-0.39, 0.29) is 0 Å². The number of likely N-dealkylation sites (tertiary alicyclic amines) is 1. The van der Waals surface area contributed by atoms with E-state index in [1.54, 1.807) is 0 Å². The predicted molar refractivity (Wildman–Crippen MR) is 78.9 cm³/mol. The summed E-state index contributed by atoms with van der Waals surface area (Å²) in [6, 6.07) is 2.71. The van der Waals surface area contributed by atoms with Crippen LogP contribution in [0.3, 0.4) is 0 Å². The molecule has 1 fully saturated rings. The topological polar surface area (TPSA) is 28.4 Å². The molecule has 2 unspecified atom stereocenters. The van der Waals surface area contributed by atoms with Gasteiger partial charge in [0.25, 0.3) is 0 Å². The summed E-state index contributed by atoms with van der Waals surface area (Å²) in [4.78, 5) is 2.52. The number of nitrogens with one attached hydrogen (secondary N) is 1. The first-order valence-electron chi connectivity index (χ1n) is 7.56. The van der Waals surface area contributed by atoms with Crippen LogP contribution in [-0.4, -0.2) is 24.0 Å². The zero-order valence-electron chi connectivity index (χ0n) is 12.8. The van der Waals surface area contributed by atoms with Gasteiger partial charge in [0.05, 0.1) is 12.8 Å². The summed E-state index contributed by atoms with van der Waals surface area (Å²) in [5.41, 5.74) is 1.25. The van der Waals surface area contributed by atoms with Gasteiger partial charge in [0.2, 0.25) is 0 Å². The molecule has 0 radical (unpaired) electrons. The number of nitrogens with zero attached hydrogens (tertiary/aromatic N) is 1. The van der Waals surface area contributed by atoms with E-state index < -0.39 is 0 Å². The maximum Gasteiger partial charge on any atom is 0.118 e. The van der Waals surface area contributed by atoms with Crippen LogP contribution < -0.4 is 5.32 Å². The minimum absolute atomic E-state index is 0.516. The van der Waals surface area contributed by atoms with Gasteiger partial charge < -0.3 is 9.73 Å². The lowest BCUT2D eigenvalue weighted by atomic mass is 9.89. The lowest BCUT2D eigenvalue weighted by molar-refractivity contribution is 0.124. The van der Waals surface area contributed by atoms with Crippen molar-refractivity contribution in [1.29, 1.82) is 0 Å². The monoisotopic (exact) mass is 264 g/mol. The molecular weight excluding hydrogens is 236 g/mol. The van der Waals surface area contributed by atoms with Crippen molar-refractivity contribution >= 4 is 0 Å². The lowest BCUT2D eigenvalue weighted by Crippen LogP contribution is -2.37. The van der Waals surface area contributed by atoms with E-state index in [4.69, 9.17) is 4.42 Å². The van der Waals surface area contributed by atoms with Gasteiger partial charge in [-0.1, -0.05) is 27.7 Å². The van der Waals surface area contributed by atoms with Crippen molar-refractivity contribution < 1.29 is 4.42 Å². The smallest absolute Gasteiger partial charge is 0.118 e. The standard InChI is InChI=1S/C16H28N2O/c1-12(2)17-8-15-7-16(19-11-15)10-18-6-5-13(3)14(4)9-18/h7,11-14,17H,5-6,8-10H2,1-4H3. The van der Waals surface area contributed by atoms with Crippen LogP contribution in [-0.2, 0) is 13.1 Å². The summed E-state index contributed by atoms with van der Waals surface area (Å²) in [5, 5.41) is 3.42. The van der Waals surface area contributed by atoms with E-state index in [2.05, 4.69) is 44.0 Å². The Balaban J connectivity index is 1.83. The van der Waals surface area contributed by atoms with E-state index in [0.29, 0.717) is 6.04 Å². The minimum atomic E-state index is 0.516. The average Bonchev–Trinajstić information content (AvgIpc) is 2.79. The molecule has 0 aromatic carbocycles. The number of hydrogen-bond donors (Lipinski definition) is 1. The molecule has 1 aromatic rings. The summed E-state index contributed by atoms with van der Waals surface area (Å²) in [5.74, 6) is 2.76. The van der Waals surface area contributed by atoms with Gasteiger partial charge in [0.1, 0.15) is 5.76 Å². The first-order chi connectivity index (χ1) is 9.04. The quantitative estimate of drug-likeness (QED) is 0.885. The highest BCUT2D eigenvalue weighted by atomic mass is 16.3. The van der Waals surface area contributed by atoms with E-state index in [1.807, 2.05) is 6.26 Å². The van der Waals surface area contributed by atoms with Crippen molar-refractivity contribution in [3.8, 4) is 0 Å². The van der Waals surface area contributed by atoms with Crippen LogP contribution in [0.25, 0.3) is 0 Å². The summed E-state index contributed by atoms with van der Waals surface area (Å²) in [6.07, 6.45) is 3.20. The Bertz CT molecular complexity index is 386. The molecular formula is C16H28N2O. The summed E-state index contributed by atoms with van der Waals surface area (Å²) < 4.78 is 5.68. The second-order valence-electron chi connectivity index (χ2n) is 6.44. The molecule has 1 N–H and O–H groups in total. The van der Waals surface area contributed by atoms with Crippen molar-refractivity contribution in [3.05, 3.63) is 23.7 Å². The van der Waals surface area contributed by atoms with Crippen molar-refractivity contribution in [2.75, 3.05) is 13.1 Å². The Morgan fingerprint density at radius 1 is 1.37 bits per heavy atom. The zero-order valence-corrected chi connectivity index (χ0v) is 12.8. The number of rotatable bonds is 5. The fourth-order valence-electron chi connectivity index (χ4n) is 2.64. The normalized spacial score (nSPS) is 25.1. The highest BCUT2D eigenvalue weighted by Gasteiger charge is 2.23. The maximum absolute atomic E-state index is 5.68. The molecule has 2 atom stereocenters. The van der Waals surface area contributed by atoms with Crippen molar-refractivity contribution in [2.45, 2.75) is 53.2 Å². The van der Waals surface area contributed by atoms with Gasteiger partial charge in [-0.25, -0.2) is 0 Å². The third kappa shape index (κ3) is 4.36. The van der Waals surface area contributed by atoms with Crippen LogP contribution in [0.2, 0.25) is 0 Å². The zero-order chi connectivity index (χ0) is 13.8. The first kappa shape index (κ1) is 14.6. The molecule has 3 heteroatoms. The van der Waals surface area contributed by atoms with Gasteiger partial charge in [-0.3, -0.25) is 4.90 Å². The van der Waals surface area contributed by atoms with Crippen molar-refractivity contribution in [2.24, 2.45) is 11.8 Å². The third-order valence-electron chi connectivity index (χ3n) is 4.22. The predicted octanol–water partition coefficient (Wildman–Crippen LogP) is 3.26. The third-order valence-corrected chi connectivity index (χ3v) is 4.22. The summed E-state index contributed by atoms with van der Waals surface area (Å²) in [7, 11) is 0. The van der Waals surface area contributed by atoms with Crippen LogP contribution in [0.4, 0.5) is 0 Å². The van der Waals surface area contributed by atoms with Crippen molar-refractivity contribution in [1.82, 2.24) is 10.2 Å². The molecule has 0 amide bonds. The number of piperidine rings is 1. The largest absolute Gasteiger partial charge is 0.468 e. The Labute approximate surface area is 117 Å². The van der Waals surface area contributed by atoms with Gasteiger partial charge in [-0.15, -0.1) is 0 Å². The molecule has 2 rings (SSSR count). The van der Waals surface area contributed by atoms with Gasteiger partial charge in [-0.2, -0.15) is 0 Å². The van der Waals surface area contributed by atoms with Gasteiger partial charge in [-0.05, 0) is 30.9 Å². The molecule has 0 spiro atoms. The van der Waals surface area contributed by atoms with E-state index in [1.165, 1.54) is 25.1 Å². The number of hydrogen-bond acceptors (Lipinski definition) is 3. The molecule has 3 nitrogen and oxygen atoms in total. The van der Waals surface area contributed by atoms with Crippen LogP contribution in [0, 0.1) is 11.8 Å². The van der Waals surface area contributed by atoms with Crippen LogP contribution in [0.15, 0.2) is 16.7 Å². The second-order valence-corrected chi connectivity index (χ2v) is 6.44. The highest BCUT2D eigenvalue weighted by molar-refractivity contribution is 5.12. The molecule has 1 aliphatic rings. The average molecular weight is 264 g/mol. The van der Waals surface area contributed by atoms with E-state index >= 15 is 0 Å². The van der Waals surface area contributed by atoms with Crippen LogP contribution >= 0.6 is 0 Å². The van der Waals surface area contributed by atoms with Crippen molar-refractivity contribution in [3.63, 3.8) is 0 Å². The highest BCUT2D eigenvalue weighted by Crippen LogP contribution is 2.24. The molecule has 19 heavy (non-hydrogen) atoms. The molecule has 0 bridgehead atoms. The van der Waals surface area contributed by atoms with Gasteiger partial charge >= 0.3 is 0 Å². The van der Waals surface area contributed by atoms with E-state index in [0.717, 1.165) is 30.7 Å². The SMILES string of the molecule is CC(C)NCc1coc(CN2CCC(C)C(C)C2)c1. The Hall–Kier alpha value is -0.800. The minimum Gasteiger partial charge on any atom is -0.468 e. The molecule has 1 aliphatic heterocycles. The first-order valence-corrected chi connectivity index (χ1v) is 7.56. The lowest BCUT2D eigenvalue weighted by Gasteiger charge is -2.34. The molecule has 108 valence electrons. The van der Waals surface area contributed by atoms with Crippen LogP contribution in [0.5, 0.6) is 0 Å². The Morgan fingerprint density at radius 3 is 2.84 bits per heavy atom.